The molecule has 1 aliphatic carbocycles. The van der Waals surface area contributed by atoms with Crippen LogP contribution in [0.4, 0.5) is 5.00 Å². The minimum atomic E-state index is -0.227. The Hall–Kier alpha value is -3.01. The van der Waals surface area contributed by atoms with Crippen molar-refractivity contribution in [2.24, 2.45) is 11.3 Å². The van der Waals surface area contributed by atoms with E-state index in [9.17, 15) is 10.1 Å². The Bertz CT molecular complexity index is 1480. The van der Waals surface area contributed by atoms with Gasteiger partial charge in [0.15, 0.2) is 0 Å². The molecule has 1 N–H and O–H groups in total. The summed E-state index contributed by atoms with van der Waals surface area (Å²) >= 11 is 5.09. The van der Waals surface area contributed by atoms with Crippen LogP contribution in [0.25, 0.3) is 22.2 Å². The molecule has 1 amide bonds. The van der Waals surface area contributed by atoms with Gasteiger partial charge in [0.2, 0.25) is 0 Å². The first kappa shape index (κ1) is 23.7. The Kier molecular flexibility index (Phi) is 6.25. The van der Waals surface area contributed by atoms with Crippen LogP contribution in [0, 0.1) is 22.7 Å². The third kappa shape index (κ3) is 4.63. The average molecular weight is 545 g/mol. The third-order valence-electron chi connectivity index (χ3n) is 6.91. The van der Waals surface area contributed by atoms with Gasteiger partial charge in [-0.1, -0.05) is 67.0 Å². The summed E-state index contributed by atoms with van der Waals surface area (Å²) in [6, 6.07) is 19.8. The van der Waals surface area contributed by atoms with Crippen molar-refractivity contribution >= 4 is 49.1 Å². The molecule has 1 unspecified atom stereocenters. The zero-order valence-corrected chi connectivity index (χ0v) is 22.4. The van der Waals surface area contributed by atoms with Gasteiger partial charge in [0.05, 0.1) is 22.3 Å². The number of carbonyl (C=O) groups is 1. The fourth-order valence-electron chi connectivity index (χ4n) is 4.84. The van der Waals surface area contributed by atoms with Gasteiger partial charge in [-0.3, -0.25) is 4.79 Å². The van der Waals surface area contributed by atoms with E-state index in [1.807, 2.05) is 54.6 Å². The number of nitrogens with one attached hydrogen (secondary N) is 1. The van der Waals surface area contributed by atoms with E-state index in [0.717, 1.165) is 51.5 Å². The maximum Gasteiger partial charge on any atom is 0.257 e. The third-order valence-corrected chi connectivity index (χ3v) is 8.58. The lowest BCUT2D eigenvalue weighted by Crippen LogP contribution is -2.26. The molecule has 1 atom stereocenters. The van der Waals surface area contributed by atoms with Crippen molar-refractivity contribution in [3.05, 3.63) is 80.6 Å². The topological polar surface area (TPSA) is 65.8 Å². The van der Waals surface area contributed by atoms with E-state index in [1.165, 1.54) is 4.88 Å². The number of rotatable bonds is 3. The number of carbonyl (C=O) groups excluding carboxylic acids is 1. The predicted molar refractivity (Wildman–Crippen MR) is 147 cm³/mol. The number of thiophene rings is 1. The lowest BCUT2D eigenvalue weighted by atomic mass is 9.72. The first-order chi connectivity index (χ1) is 16.7. The molecule has 2 aromatic heterocycles. The van der Waals surface area contributed by atoms with Crippen molar-refractivity contribution < 1.29 is 4.79 Å². The fourth-order valence-corrected chi connectivity index (χ4v) is 6.48. The van der Waals surface area contributed by atoms with Gasteiger partial charge in [-0.15, -0.1) is 11.3 Å². The molecule has 2 heterocycles. The number of benzene rings is 2. The number of fused-ring (bicyclic) bond motifs is 2. The zero-order valence-electron chi connectivity index (χ0n) is 20.0. The van der Waals surface area contributed by atoms with E-state index in [2.05, 4.69) is 48.1 Å². The Labute approximate surface area is 218 Å². The van der Waals surface area contributed by atoms with Crippen LogP contribution in [-0.2, 0) is 12.8 Å². The lowest BCUT2D eigenvalue weighted by molar-refractivity contribution is 0.102. The van der Waals surface area contributed by atoms with E-state index in [0.29, 0.717) is 22.0 Å². The number of pyridine rings is 1. The second kappa shape index (κ2) is 9.22. The molecule has 0 fully saturated rings. The number of hydrogen-bond donors (Lipinski definition) is 1. The van der Waals surface area contributed by atoms with E-state index in [4.69, 9.17) is 4.98 Å². The first-order valence-corrected chi connectivity index (χ1v) is 13.4. The molecule has 0 bridgehead atoms. The molecule has 0 aliphatic heterocycles. The minimum absolute atomic E-state index is 0.217. The fraction of sp³-hybridized carbons (Fsp3) is 0.276. The Morgan fingerprint density at radius 3 is 2.66 bits per heavy atom. The van der Waals surface area contributed by atoms with Crippen LogP contribution >= 0.6 is 27.3 Å². The molecular weight excluding hydrogens is 518 g/mol. The molecule has 0 saturated carbocycles. The van der Waals surface area contributed by atoms with Gasteiger partial charge in [0.1, 0.15) is 11.1 Å². The van der Waals surface area contributed by atoms with Gasteiger partial charge >= 0.3 is 0 Å². The molecule has 2 aromatic carbocycles. The van der Waals surface area contributed by atoms with Crippen molar-refractivity contribution in [2.75, 3.05) is 5.32 Å². The molecule has 6 heteroatoms. The maximum absolute atomic E-state index is 13.7. The Balaban J connectivity index is 1.55. The van der Waals surface area contributed by atoms with Crippen molar-refractivity contribution in [2.45, 2.75) is 40.0 Å². The summed E-state index contributed by atoms with van der Waals surface area (Å²) in [5.41, 5.74) is 4.93. The van der Waals surface area contributed by atoms with E-state index in [1.54, 1.807) is 11.3 Å². The van der Waals surface area contributed by atoms with E-state index < -0.39 is 0 Å². The van der Waals surface area contributed by atoms with Crippen LogP contribution < -0.4 is 5.32 Å². The number of nitrogens with zero attached hydrogens (tertiary/aromatic N) is 2. The Morgan fingerprint density at radius 2 is 1.94 bits per heavy atom. The molecule has 5 rings (SSSR count). The van der Waals surface area contributed by atoms with Gasteiger partial charge in [-0.25, -0.2) is 4.98 Å². The highest BCUT2D eigenvalue weighted by Gasteiger charge is 2.32. The largest absolute Gasteiger partial charge is 0.312 e. The number of aromatic nitrogens is 1. The highest BCUT2D eigenvalue weighted by atomic mass is 79.9. The summed E-state index contributed by atoms with van der Waals surface area (Å²) in [5.74, 6) is 0.341. The van der Waals surface area contributed by atoms with Crippen molar-refractivity contribution in [1.29, 1.82) is 5.26 Å². The van der Waals surface area contributed by atoms with Crippen LogP contribution in [-0.4, -0.2) is 10.9 Å². The quantitative estimate of drug-likeness (QED) is 0.284. The molecule has 4 aromatic rings. The zero-order chi connectivity index (χ0) is 24.7. The molecule has 4 nitrogen and oxygen atoms in total. The number of hydrogen-bond acceptors (Lipinski definition) is 4. The molecule has 35 heavy (non-hydrogen) atoms. The Morgan fingerprint density at radius 1 is 1.17 bits per heavy atom. The summed E-state index contributed by atoms with van der Waals surface area (Å²) in [6.45, 7) is 6.84. The molecule has 176 valence electrons. The second-order valence-electron chi connectivity index (χ2n) is 10.2. The predicted octanol–water partition coefficient (Wildman–Crippen LogP) is 8.00. The van der Waals surface area contributed by atoms with Gasteiger partial charge in [0, 0.05) is 20.3 Å². The summed E-state index contributed by atoms with van der Waals surface area (Å²) in [7, 11) is 0. The maximum atomic E-state index is 13.7. The summed E-state index contributed by atoms with van der Waals surface area (Å²) < 4.78 is 0.880. The molecule has 0 spiro atoms. The minimum Gasteiger partial charge on any atom is -0.312 e. The smallest absolute Gasteiger partial charge is 0.257 e. The van der Waals surface area contributed by atoms with E-state index >= 15 is 0 Å². The first-order valence-electron chi connectivity index (χ1n) is 11.8. The van der Waals surface area contributed by atoms with Gasteiger partial charge < -0.3 is 5.32 Å². The number of nitriles is 1. The average Bonchev–Trinajstić information content (AvgIpc) is 3.19. The van der Waals surface area contributed by atoms with E-state index in [-0.39, 0.29) is 11.3 Å². The molecule has 0 saturated heterocycles. The highest BCUT2D eigenvalue weighted by Crippen LogP contribution is 2.44. The number of anilines is 1. The second-order valence-corrected chi connectivity index (χ2v) is 12.2. The van der Waals surface area contributed by atoms with Crippen molar-refractivity contribution in [3.8, 4) is 17.3 Å². The molecular formula is C29H26BrN3OS. The van der Waals surface area contributed by atoms with Gasteiger partial charge in [-0.05, 0) is 60.4 Å². The summed E-state index contributed by atoms with van der Waals surface area (Å²) in [6.07, 6.45) is 2.91. The van der Waals surface area contributed by atoms with Crippen LogP contribution in [0.1, 0.15) is 53.6 Å². The summed E-state index contributed by atoms with van der Waals surface area (Å²) in [4.78, 5) is 19.7. The molecule has 0 radical (unpaired) electrons. The SMILES string of the molecule is CC(C)(C)C1CCc2c(sc(NC(=O)c3cc(-c4ccccc4)nc4ccc(Br)cc34)c2C#N)C1. The van der Waals surface area contributed by atoms with Crippen LogP contribution in [0.5, 0.6) is 0 Å². The molecule has 1 aliphatic rings. The van der Waals surface area contributed by atoms with Crippen molar-refractivity contribution in [1.82, 2.24) is 4.98 Å². The summed E-state index contributed by atoms with van der Waals surface area (Å²) in [5, 5.41) is 14.5. The number of halogens is 1. The van der Waals surface area contributed by atoms with Crippen LogP contribution in [0.15, 0.2) is 59.1 Å². The van der Waals surface area contributed by atoms with Gasteiger partial charge in [0.25, 0.3) is 5.91 Å². The standard InChI is InChI=1S/C29H26BrN3OS/c1-29(2,3)18-9-11-20-23(16-31)28(35-26(20)13-18)33-27(34)22-15-25(17-7-5-4-6-8-17)32-24-12-10-19(30)14-21(22)24/h4-8,10,12,14-15,18H,9,11,13H2,1-3H3,(H,33,34). The highest BCUT2D eigenvalue weighted by molar-refractivity contribution is 9.10. The van der Waals surface area contributed by atoms with Crippen LogP contribution in [0.2, 0.25) is 0 Å². The number of amides is 1. The monoisotopic (exact) mass is 543 g/mol. The van der Waals surface area contributed by atoms with Crippen LogP contribution in [0.3, 0.4) is 0 Å². The lowest BCUT2D eigenvalue weighted by Gasteiger charge is -2.33. The van der Waals surface area contributed by atoms with Crippen molar-refractivity contribution in [3.63, 3.8) is 0 Å². The van der Waals surface area contributed by atoms with Gasteiger partial charge in [-0.2, -0.15) is 5.26 Å². The normalized spacial score (nSPS) is 15.5.